The van der Waals surface area contributed by atoms with Gasteiger partial charge in [0.15, 0.2) is 0 Å². The van der Waals surface area contributed by atoms with Crippen molar-refractivity contribution >= 4 is 30.0 Å². The second-order valence-corrected chi connectivity index (χ2v) is 6.50. The van der Waals surface area contributed by atoms with E-state index in [1.165, 1.54) is 12.1 Å². The van der Waals surface area contributed by atoms with Crippen LogP contribution in [0.1, 0.15) is 18.5 Å². The molecule has 0 fully saturated rings. The summed E-state index contributed by atoms with van der Waals surface area (Å²) >= 11 is 0. The number of halogens is 2. The summed E-state index contributed by atoms with van der Waals surface area (Å²) in [6.45, 7) is 1.96. The Hall–Kier alpha value is -3.59. The predicted octanol–water partition coefficient (Wildman–Crippen LogP) is 4.14. The van der Waals surface area contributed by atoms with Crippen molar-refractivity contribution in [1.82, 2.24) is 29.7 Å². The van der Waals surface area contributed by atoms with E-state index < -0.39 is 0 Å². The molecule has 2 N–H and O–H groups in total. The fraction of sp³-hybridized carbons (Fsp3) is 0.150. The summed E-state index contributed by atoms with van der Waals surface area (Å²) in [4.78, 5) is 17.4. The summed E-state index contributed by atoms with van der Waals surface area (Å²) in [5, 5.41) is 10.6. The van der Waals surface area contributed by atoms with Crippen LogP contribution in [0.5, 0.6) is 0 Å². The molecule has 3 aromatic heterocycles. The van der Waals surface area contributed by atoms with Gasteiger partial charge in [-0.3, -0.25) is 9.67 Å². The Morgan fingerprint density at radius 2 is 1.83 bits per heavy atom. The zero-order chi connectivity index (χ0) is 20.2. The molecule has 4 aromatic rings. The quantitative estimate of drug-likeness (QED) is 0.478. The molecule has 0 saturated carbocycles. The van der Waals surface area contributed by atoms with Crippen LogP contribution in [0.2, 0.25) is 0 Å². The number of rotatable bonds is 6. The molecule has 0 aliphatic carbocycles. The number of anilines is 3. The molecule has 0 amide bonds. The van der Waals surface area contributed by atoms with Crippen molar-refractivity contribution < 1.29 is 4.39 Å². The maximum atomic E-state index is 13.2. The molecule has 0 aliphatic heterocycles. The smallest absolute Gasteiger partial charge is 0.225 e. The van der Waals surface area contributed by atoms with Gasteiger partial charge in [-0.2, -0.15) is 10.1 Å². The van der Waals surface area contributed by atoms with Crippen LogP contribution in [0, 0.1) is 5.82 Å². The number of hydrogen-bond donors (Lipinski definition) is 2. The number of benzene rings is 1. The molecule has 154 valence electrons. The molecule has 0 spiro atoms. The minimum Gasteiger partial charge on any atom is -0.348 e. The van der Waals surface area contributed by atoms with E-state index in [1.54, 1.807) is 41.6 Å². The third-order valence-electron chi connectivity index (χ3n) is 4.26. The lowest BCUT2D eigenvalue weighted by atomic mass is 10.1. The van der Waals surface area contributed by atoms with E-state index in [2.05, 4.69) is 35.7 Å². The Morgan fingerprint density at radius 3 is 2.50 bits per heavy atom. The highest BCUT2D eigenvalue weighted by atomic mass is 35.5. The van der Waals surface area contributed by atoms with Crippen molar-refractivity contribution in [2.75, 3.05) is 10.6 Å². The van der Waals surface area contributed by atoms with Crippen molar-refractivity contribution in [3.05, 3.63) is 72.7 Å². The van der Waals surface area contributed by atoms with E-state index in [1.807, 2.05) is 26.2 Å². The minimum atomic E-state index is -0.272. The van der Waals surface area contributed by atoms with Crippen LogP contribution in [0.4, 0.5) is 22.0 Å². The Morgan fingerprint density at radius 1 is 1.03 bits per heavy atom. The molecule has 0 aliphatic rings. The second kappa shape index (κ2) is 9.27. The number of hydrogen-bond acceptors (Lipinski definition) is 7. The van der Waals surface area contributed by atoms with Crippen LogP contribution in [-0.4, -0.2) is 29.7 Å². The zero-order valence-electron chi connectivity index (χ0n) is 16.3. The van der Waals surface area contributed by atoms with E-state index >= 15 is 0 Å². The first-order valence-corrected chi connectivity index (χ1v) is 9.00. The molecule has 1 atom stereocenters. The van der Waals surface area contributed by atoms with Gasteiger partial charge in [0.1, 0.15) is 17.5 Å². The van der Waals surface area contributed by atoms with Crippen molar-refractivity contribution in [3.63, 3.8) is 0 Å². The molecular formula is C20H20ClFN8. The van der Waals surface area contributed by atoms with Gasteiger partial charge in [0, 0.05) is 37.3 Å². The topological polar surface area (TPSA) is 93.4 Å². The van der Waals surface area contributed by atoms with Crippen molar-refractivity contribution in [2.45, 2.75) is 13.0 Å². The minimum absolute atomic E-state index is 0. The Bertz CT molecular complexity index is 1100. The SMILES string of the molecule is C[C@H](Nc1nc(Nc2cnccn2)cc(-c2cnn(C)c2)n1)c1ccc(F)cc1.Cl. The number of aryl methyl sites for hydroxylation is 1. The van der Waals surface area contributed by atoms with Crippen molar-refractivity contribution in [1.29, 1.82) is 0 Å². The molecule has 4 rings (SSSR count). The standard InChI is InChI=1S/C20H19FN8.ClH/c1-13(14-3-5-16(21)6-4-14)25-20-26-17(15-10-24-29(2)12-15)9-18(28-20)27-19-11-22-7-8-23-19;/h3-13H,1-2H3,(H2,23,25,26,27,28);1H/t13-;/m0./s1. The van der Waals surface area contributed by atoms with Crippen LogP contribution in [0.25, 0.3) is 11.3 Å². The number of nitrogens with zero attached hydrogens (tertiary/aromatic N) is 6. The molecular weight excluding hydrogens is 407 g/mol. The maximum absolute atomic E-state index is 13.2. The van der Waals surface area contributed by atoms with Gasteiger partial charge in [-0.15, -0.1) is 12.4 Å². The van der Waals surface area contributed by atoms with Gasteiger partial charge in [-0.25, -0.2) is 14.4 Å². The first kappa shape index (κ1) is 21.1. The average molecular weight is 427 g/mol. The van der Waals surface area contributed by atoms with Crippen LogP contribution in [-0.2, 0) is 7.05 Å². The normalized spacial score (nSPS) is 11.4. The fourth-order valence-electron chi connectivity index (χ4n) is 2.80. The Balaban J connectivity index is 0.00000256. The van der Waals surface area contributed by atoms with E-state index in [-0.39, 0.29) is 24.3 Å². The molecule has 1 aromatic carbocycles. The highest BCUT2D eigenvalue weighted by Gasteiger charge is 2.12. The predicted molar refractivity (Wildman–Crippen MR) is 115 cm³/mol. The largest absolute Gasteiger partial charge is 0.348 e. The molecule has 8 nitrogen and oxygen atoms in total. The lowest BCUT2D eigenvalue weighted by Crippen LogP contribution is -2.11. The Labute approximate surface area is 179 Å². The first-order chi connectivity index (χ1) is 14.1. The summed E-state index contributed by atoms with van der Waals surface area (Å²) < 4.78 is 14.9. The van der Waals surface area contributed by atoms with E-state index in [0.717, 1.165) is 11.1 Å². The highest BCUT2D eigenvalue weighted by Crippen LogP contribution is 2.25. The number of aromatic nitrogens is 6. The van der Waals surface area contributed by atoms with Crippen LogP contribution < -0.4 is 10.6 Å². The number of nitrogens with one attached hydrogen (secondary N) is 2. The summed E-state index contributed by atoms with van der Waals surface area (Å²) in [5.41, 5.74) is 2.48. The van der Waals surface area contributed by atoms with E-state index in [9.17, 15) is 4.39 Å². The molecule has 30 heavy (non-hydrogen) atoms. The van der Waals surface area contributed by atoms with Gasteiger partial charge in [0.05, 0.1) is 24.1 Å². The van der Waals surface area contributed by atoms with Crippen LogP contribution >= 0.6 is 12.4 Å². The van der Waals surface area contributed by atoms with E-state index in [4.69, 9.17) is 0 Å². The maximum Gasteiger partial charge on any atom is 0.225 e. The molecule has 0 unspecified atom stereocenters. The summed E-state index contributed by atoms with van der Waals surface area (Å²) in [6.07, 6.45) is 8.42. The first-order valence-electron chi connectivity index (χ1n) is 9.00. The molecule has 3 heterocycles. The summed E-state index contributed by atoms with van der Waals surface area (Å²) in [5.74, 6) is 1.29. The van der Waals surface area contributed by atoms with Gasteiger partial charge in [0.25, 0.3) is 0 Å². The fourth-order valence-corrected chi connectivity index (χ4v) is 2.80. The summed E-state index contributed by atoms with van der Waals surface area (Å²) in [7, 11) is 1.85. The van der Waals surface area contributed by atoms with Crippen LogP contribution in [0.3, 0.4) is 0 Å². The van der Waals surface area contributed by atoms with Gasteiger partial charge in [-0.1, -0.05) is 12.1 Å². The van der Waals surface area contributed by atoms with Gasteiger partial charge >= 0.3 is 0 Å². The molecule has 0 bridgehead atoms. The monoisotopic (exact) mass is 426 g/mol. The van der Waals surface area contributed by atoms with Crippen molar-refractivity contribution in [2.24, 2.45) is 7.05 Å². The lowest BCUT2D eigenvalue weighted by Gasteiger charge is -2.16. The van der Waals surface area contributed by atoms with Crippen LogP contribution in [0.15, 0.2) is 61.3 Å². The van der Waals surface area contributed by atoms with Gasteiger partial charge in [0.2, 0.25) is 5.95 Å². The molecule has 0 saturated heterocycles. The zero-order valence-corrected chi connectivity index (χ0v) is 17.1. The average Bonchev–Trinajstić information content (AvgIpc) is 3.15. The summed E-state index contributed by atoms with van der Waals surface area (Å²) in [6, 6.07) is 8.03. The lowest BCUT2D eigenvalue weighted by molar-refractivity contribution is 0.626. The van der Waals surface area contributed by atoms with Crippen molar-refractivity contribution in [3.8, 4) is 11.3 Å². The van der Waals surface area contributed by atoms with Gasteiger partial charge in [-0.05, 0) is 24.6 Å². The third-order valence-corrected chi connectivity index (χ3v) is 4.26. The Kier molecular flexibility index (Phi) is 6.53. The highest BCUT2D eigenvalue weighted by molar-refractivity contribution is 5.85. The second-order valence-electron chi connectivity index (χ2n) is 6.50. The van der Waals surface area contributed by atoms with E-state index in [0.29, 0.717) is 23.3 Å². The molecule has 10 heteroatoms. The van der Waals surface area contributed by atoms with Gasteiger partial charge < -0.3 is 10.6 Å². The molecule has 0 radical (unpaired) electrons. The third kappa shape index (κ3) is 5.06.